The minimum Gasteiger partial charge on any atom is -0.350 e. The summed E-state index contributed by atoms with van der Waals surface area (Å²) in [5.41, 5.74) is 3.84. The number of benzene rings is 3. The number of carbonyl (C=O) groups is 2. The molecule has 0 saturated heterocycles. The van der Waals surface area contributed by atoms with Gasteiger partial charge in [0.05, 0.1) is 11.3 Å². The lowest BCUT2D eigenvalue weighted by Crippen LogP contribution is -2.32. The van der Waals surface area contributed by atoms with Crippen molar-refractivity contribution in [2.45, 2.75) is 26.2 Å². The summed E-state index contributed by atoms with van der Waals surface area (Å²) in [5.74, 6) is -0.681. The molecule has 0 aromatic heterocycles. The third kappa shape index (κ3) is 3.64. The highest BCUT2D eigenvalue weighted by Crippen LogP contribution is 2.34. The molecular formula is C26H24N2O2. The Morgan fingerprint density at radius 2 is 1.27 bits per heavy atom. The van der Waals surface area contributed by atoms with Gasteiger partial charge >= 0.3 is 0 Å². The first-order valence-corrected chi connectivity index (χ1v) is 9.97. The van der Waals surface area contributed by atoms with Crippen molar-refractivity contribution in [3.8, 4) is 0 Å². The second kappa shape index (κ2) is 7.64. The SMILES string of the molecule is CC(C)(C)c1ccc(N2C(=O)C(Nc3ccccc3)=C(c3ccccc3)C2=O)cc1. The number of hydrogen-bond acceptors (Lipinski definition) is 3. The minimum atomic E-state index is -0.355. The van der Waals surface area contributed by atoms with E-state index in [2.05, 4.69) is 26.1 Å². The number of anilines is 2. The number of para-hydroxylation sites is 1. The lowest BCUT2D eigenvalue weighted by Gasteiger charge is -2.21. The summed E-state index contributed by atoms with van der Waals surface area (Å²) in [6, 6.07) is 26.3. The molecule has 3 aromatic carbocycles. The molecule has 1 N–H and O–H groups in total. The Balaban J connectivity index is 1.76. The predicted molar refractivity (Wildman–Crippen MR) is 121 cm³/mol. The van der Waals surface area contributed by atoms with Crippen LogP contribution in [0.1, 0.15) is 31.9 Å². The van der Waals surface area contributed by atoms with Gasteiger partial charge in [-0.2, -0.15) is 0 Å². The maximum atomic E-state index is 13.4. The van der Waals surface area contributed by atoms with E-state index in [1.165, 1.54) is 4.90 Å². The first-order valence-electron chi connectivity index (χ1n) is 9.97. The highest BCUT2D eigenvalue weighted by molar-refractivity contribution is 6.46. The van der Waals surface area contributed by atoms with Gasteiger partial charge in [0.15, 0.2) is 0 Å². The molecule has 0 spiro atoms. The third-order valence-electron chi connectivity index (χ3n) is 5.18. The zero-order valence-electron chi connectivity index (χ0n) is 17.3. The molecule has 0 bridgehead atoms. The lowest BCUT2D eigenvalue weighted by atomic mass is 9.87. The highest BCUT2D eigenvalue weighted by Gasteiger charge is 2.40. The van der Waals surface area contributed by atoms with E-state index >= 15 is 0 Å². The number of imide groups is 1. The average Bonchev–Trinajstić information content (AvgIpc) is 2.98. The zero-order valence-corrected chi connectivity index (χ0v) is 17.3. The van der Waals surface area contributed by atoms with Crippen molar-refractivity contribution in [1.29, 1.82) is 0 Å². The van der Waals surface area contributed by atoms with Crippen LogP contribution in [0.4, 0.5) is 11.4 Å². The van der Waals surface area contributed by atoms with Crippen LogP contribution in [0.25, 0.3) is 5.57 Å². The van der Waals surface area contributed by atoms with Crippen LogP contribution >= 0.6 is 0 Å². The second-order valence-corrected chi connectivity index (χ2v) is 8.35. The van der Waals surface area contributed by atoms with Gasteiger partial charge < -0.3 is 5.32 Å². The molecule has 0 aliphatic carbocycles. The van der Waals surface area contributed by atoms with Gasteiger partial charge in [0.2, 0.25) is 0 Å². The number of nitrogens with one attached hydrogen (secondary N) is 1. The van der Waals surface area contributed by atoms with E-state index in [4.69, 9.17) is 0 Å². The fraction of sp³-hybridized carbons (Fsp3) is 0.154. The molecular weight excluding hydrogens is 372 g/mol. The van der Waals surface area contributed by atoms with Crippen LogP contribution in [-0.4, -0.2) is 11.8 Å². The fourth-order valence-corrected chi connectivity index (χ4v) is 3.53. The van der Waals surface area contributed by atoms with Crippen molar-refractivity contribution in [3.63, 3.8) is 0 Å². The maximum absolute atomic E-state index is 13.4. The molecule has 0 fully saturated rings. The molecule has 3 aromatic rings. The van der Waals surface area contributed by atoms with Crippen LogP contribution in [-0.2, 0) is 15.0 Å². The Bertz CT molecular complexity index is 1110. The second-order valence-electron chi connectivity index (χ2n) is 8.35. The lowest BCUT2D eigenvalue weighted by molar-refractivity contribution is -0.120. The Hall–Kier alpha value is -3.66. The van der Waals surface area contributed by atoms with Crippen LogP contribution in [0.2, 0.25) is 0 Å². The van der Waals surface area contributed by atoms with Gasteiger partial charge in [0, 0.05) is 5.69 Å². The van der Waals surface area contributed by atoms with Crippen LogP contribution in [0.3, 0.4) is 0 Å². The number of amides is 2. The first kappa shape index (κ1) is 19.6. The van der Waals surface area contributed by atoms with E-state index in [1.54, 1.807) is 0 Å². The van der Waals surface area contributed by atoms with E-state index < -0.39 is 0 Å². The van der Waals surface area contributed by atoms with E-state index in [0.717, 1.165) is 11.3 Å². The molecule has 0 radical (unpaired) electrons. The van der Waals surface area contributed by atoms with Crippen molar-refractivity contribution >= 4 is 28.8 Å². The first-order chi connectivity index (χ1) is 14.4. The van der Waals surface area contributed by atoms with Gasteiger partial charge in [-0.1, -0.05) is 81.4 Å². The molecule has 30 heavy (non-hydrogen) atoms. The van der Waals surface area contributed by atoms with E-state index in [9.17, 15) is 9.59 Å². The topological polar surface area (TPSA) is 49.4 Å². The van der Waals surface area contributed by atoms with Crippen molar-refractivity contribution in [1.82, 2.24) is 0 Å². The highest BCUT2D eigenvalue weighted by atomic mass is 16.2. The Labute approximate surface area is 176 Å². The molecule has 150 valence electrons. The summed E-state index contributed by atoms with van der Waals surface area (Å²) < 4.78 is 0. The molecule has 0 saturated carbocycles. The van der Waals surface area contributed by atoms with E-state index in [0.29, 0.717) is 16.8 Å². The summed E-state index contributed by atoms with van der Waals surface area (Å²) in [4.78, 5) is 28.0. The number of hydrogen-bond donors (Lipinski definition) is 1. The molecule has 4 rings (SSSR count). The molecule has 2 amide bonds. The van der Waals surface area contributed by atoms with Gasteiger partial charge in [-0.3, -0.25) is 9.59 Å². The Morgan fingerprint density at radius 1 is 0.700 bits per heavy atom. The van der Waals surface area contributed by atoms with Gasteiger partial charge in [-0.15, -0.1) is 0 Å². The monoisotopic (exact) mass is 396 g/mol. The summed E-state index contributed by atoms with van der Waals surface area (Å²) in [6.45, 7) is 6.39. The summed E-state index contributed by atoms with van der Waals surface area (Å²) >= 11 is 0. The van der Waals surface area contributed by atoms with Crippen LogP contribution in [0.5, 0.6) is 0 Å². The number of nitrogens with zero attached hydrogens (tertiary/aromatic N) is 1. The zero-order chi connectivity index (χ0) is 21.3. The number of carbonyl (C=O) groups excluding carboxylic acids is 2. The van der Waals surface area contributed by atoms with E-state index in [1.807, 2.05) is 84.9 Å². The molecule has 1 aliphatic heterocycles. The van der Waals surface area contributed by atoms with Crippen LogP contribution in [0, 0.1) is 0 Å². The number of rotatable bonds is 4. The molecule has 1 aliphatic rings. The largest absolute Gasteiger partial charge is 0.350 e. The Morgan fingerprint density at radius 3 is 1.83 bits per heavy atom. The van der Waals surface area contributed by atoms with Gasteiger partial charge in [0.25, 0.3) is 11.8 Å². The molecule has 1 heterocycles. The smallest absolute Gasteiger partial charge is 0.282 e. The average molecular weight is 396 g/mol. The van der Waals surface area contributed by atoms with Gasteiger partial charge in [0.1, 0.15) is 5.70 Å². The summed E-state index contributed by atoms with van der Waals surface area (Å²) in [7, 11) is 0. The molecule has 0 unspecified atom stereocenters. The van der Waals surface area contributed by atoms with Crippen molar-refractivity contribution in [2.75, 3.05) is 10.2 Å². The molecule has 4 heteroatoms. The molecule has 4 nitrogen and oxygen atoms in total. The predicted octanol–water partition coefficient (Wildman–Crippen LogP) is 5.38. The van der Waals surface area contributed by atoms with Crippen LogP contribution in [0.15, 0.2) is 90.6 Å². The van der Waals surface area contributed by atoms with Gasteiger partial charge in [-0.05, 0) is 40.8 Å². The quantitative estimate of drug-likeness (QED) is 0.602. The van der Waals surface area contributed by atoms with E-state index in [-0.39, 0.29) is 22.9 Å². The standard InChI is InChI=1S/C26H24N2O2/c1-26(2,3)19-14-16-21(17-15-19)28-24(29)22(18-10-6-4-7-11-18)23(25(28)30)27-20-12-8-5-9-13-20/h4-17,27H,1-3H3. The van der Waals surface area contributed by atoms with Crippen molar-refractivity contribution in [2.24, 2.45) is 0 Å². The van der Waals surface area contributed by atoms with Crippen LogP contribution < -0.4 is 10.2 Å². The normalized spacial score (nSPS) is 14.4. The molecule has 0 atom stereocenters. The fourth-order valence-electron chi connectivity index (χ4n) is 3.53. The summed E-state index contributed by atoms with van der Waals surface area (Å²) in [5, 5.41) is 3.17. The van der Waals surface area contributed by atoms with Crippen molar-refractivity contribution < 1.29 is 9.59 Å². The van der Waals surface area contributed by atoms with Gasteiger partial charge in [-0.25, -0.2) is 4.90 Å². The van der Waals surface area contributed by atoms with Crippen molar-refractivity contribution in [3.05, 3.63) is 102 Å². The third-order valence-corrected chi connectivity index (χ3v) is 5.18. The Kier molecular flexibility index (Phi) is 5.00. The summed E-state index contributed by atoms with van der Waals surface area (Å²) in [6.07, 6.45) is 0. The maximum Gasteiger partial charge on any atom is 0.282 e. The minimum absolute atomic E-state index is 0.00890.